The van der Waals surface area contributed by atoms with E-state index in [1.807, 2.05) is 0 Å². The third kappa shape index (κ3) is 8.42. The predicted octanol–water partition coefficient (Wildman–Crippen LogP) is -1.98. The largest absolute Gasteiger partial charge is 0.481 e. The van der Waals surface area contributed by atoms with Crippen LogP contribution in [-0.2, 0) is 24.0 Å². The maximum atomic E-state index is 12.4. The van der Waals surface area contributed by atoms with E-state index in [2.05, 4.69) is 16.0 Å². The van der Waals surface area contributed by atoms with Crippen LogP contribution in [0.4, 0.5) is 0 Å². The highest BCUT2D eigenvalue weighted by Gasteiger charge is 2.31. The van der Waals surface area contributed by atoms with Crippen molar-refractivity contribution in [1.82, 2.24) is 16.0 Å². The molecule has 0 aliphatic heterocycles. The van der Waals surface area contributed by atoms with E-state index in [0.717, 1.165) is 0 Å². The van der Waals surface area contributed by atoms with Gasteiger partial charge in [0.1, 0.15) is 18.6 Å². The summed E-state index contributed by atoms with van der Waals surface area (Å²) in [4.78, 5) is 57.7. The van der Waals surface area contributed by atoms with Gasteiger partial charge in [0.15, 0.2) is 0 Å². The zero-order chi connectivity index (χ0) is 20.4. The lowest BCUT2D eigenvalue weighted by Gasteiger charge is -2.26. The maximum absolute atomic E-state index is 12.4. The SMILES string of the molecule is CCC(C)C(NC(=O)C(CC(=O)O)NC(=O)C(C)N)C(=O)NCC(=O)O. The molecule has 0 bridgehead atoms. The molecular weight excluding hydrogens is 348 g/mol. The van der Waals surface area contributed by atoms with Crippen LogP contribution in [0.25, 0.3) is 0 Å². The fourth-order valence-corrected chi connectivity index (χ4v) is 1.92. The van der Waals surface area contributed by atoms with Gasteiger partial charge in [0.25, 0.3) is 0 Å². The van der Waals surface area contributed by atoms with Crippen molar-refractivity contribution in [3.63, 3.8) is 0 Å². The van der Waals surface area contributed by atoms with Gasteiger partial charge in [-0.15, -0.1) is 0 Å². The number of hydrogen-bond donors (Lipinski definition) is 6. The molecule has 0 rings (SSSR count). The summed E-state index contributed by atoms with van der Waals surface area (Å²) >= 11 is 0. The maximum Gasteiger partial charge on any atom is 0.322 e. The second-order valence-corrected chi connectivity index (χ2v) is 5.93. The first-order chi connectivity index (χ1) is 12.0. The lowest BCUT2D eigenvalue weighted by Crippen LogP contribution is -2.57. The minimum atomic E-state index is -1.43. The van der Waals surface area contributed by atoms with Crippen molar-refractivity contribution in [2.24, 2.45) is 11.7 Å². The van der Waals surface area contributed by atoms with Crippen molar-refractivity contribution in [3.05, 3.63) is 0 Å². The zero-order valence-corrected chi connectivity index (χ0v) is 14.9. The second kappa shape index (κ2) is 11.0. The first-order valence-electron chi connectivity index (χ1n) is 8.07. The van der Waals surface area contributed by atoms with Gasteiger partial charge in [0.05, 0.1) is 12.5 Å². The number of amides is 3. The van der Waals surface area contributed by atoms with Gasteiger partial charge in [0.2, 0.25) is 17.7 Å². The summed E-state index contributed by atoms with van der Waals surface area (Å²) < 4.78 is 0. The number of carboxylic acids is 2. The number of carboxylic acid groups (broad SMARTS) is 2. The molecule has 0 aliphatic rings. The molecule has 0 saturated heterocycles. The van der Waals surface area contributed by atoms with E-state index in [-0.39, 0.29) is 5.92 Å². The molecule has 0 aromatic heterocycles. The molecule has 4 unspecified atom stereocenters. The Morgan fingerprint density at radius 2 is 1.50 bits per heavy atom. The van der Waals surface area contributed by atoms with Crippen LogP contribution in [0, 0.1) is 5.92 Å². The van der Waals surface area contributed by atoms with Crippen molar-refractivity contribution in [2.75, 3.05) is 6.54 Å². The Morgan fingerprint density at radius 1 is 0.923 bits per heavy atom. The van der Waals surface area contributed by atoms with Crippen LogP contribution in [0.3, 0.4) is 0 Å². The smallest absolute Gasteiger partial charge is 0.322 e. The van der Waals surface area contributed by atoms with E-state index in [1.165, 1.54) is 6.92 Å². The number of hydrogen-bond acceptors (Lipinski definition) is 6. The average Bonchev–Trinajstić information content (AvgIpc) is 2.55. The quantitative estimate of drug-likeness (QED) is 0.240. The first-order valence-corrected chi connectivity index (χ1v) is 8.07. The monoisotopic (exact) mass is 374 g/mol. The number of nitrogens with one attached hydrogen (secondary N) is 3. The molecule has 0 fully saturated rings. The average molecular weight is 374 g/mol. The fourth-order valence-electron chi connectivity index (χ4n) is 1.92. The summed E-state index contributed by atoms with van der Waals surface area (Å²) in [6.07, 6.45) is -0.213. The highest BCUT2D eigenvalue weighted by Crippen LogP contribution is 2.09. The summed E-state index contributed by atoms with van der Waals surface area (Å²) in [6, 6.07) is -3.47. The van der Waals surface area contributed by atoms with Crippen LogP contribution in [0.1, 0.15) is 33.6 Å². The second-order valence-electron chi connectivity index (χ2n) is 5.93. The Balaban J connectivity index is 5.24. The van der Waals surface area contributed by atoms with Crippen molar-refractivity contribution >= 4 is 29.7 Å². The molecule has 0 saturated carbocycles. The number of rotatable bonds is 11. The Kier molecular flexibility index (Phi) is 9.89. The number of carbonyl (C=O) groups is 5. The van der Waals surface area contributed by atoms with Crippen LogP contribution in [-0.4, -0.2) is 64.5 Å². The van der Waals surface area contributed by atoms with Gasteiger partial charge in [-0.2, -0.15) is 0 Å². The van der Waals surface area contributed by atoms with Crippen molar-refractivity contribution in [3.8, 4) is 0 Å². The highest BCUT2D eigenvalue weighted by molar-refractivity contribution is 5.95. The molecular formula is C15H26N4O7. The van der Waals surface area contributed by atoms with E-state index < -0.39 is 60.8 Å². The number of carbonyl (C=O) groups excluding carboxylic acids is 3. The Morgan fingerprint density at radius 3 is 1.92 bits per heavy atom. The van der Waals surface area contributed by atoms with Gasteiger partial charge in [-0.25, -0.2) is 0 Å². The molecule has 3 amide bonds. The lowest BCUT2D eigenvalue weighted by atomic mass is 9.97. The van der Waals surface area contributed by atoms with Gasteiger partial charge in [-0.3, -0.25) is 24.0 Å². The fraction of sp³-hybridized carbons (Fsp3) is 0.667. The Labute approximate surface area is 150 Å². The van der Waals surface area contributed by atoms with Crippen LogP contribution >= 0.6 is 0 Å². The molecule has 148 valence electrons. The molecule has 0 heterocycles. The third-order valence-electron chi connectivity index (χ3n) is 3.63. The van der Waals surface area contributed by atoms with E-state index in [9.17, 15) is 24.0 Å². The summed E-state index contributed by atoms with van der Waals surface area (Å²) in [5.41, 5.74) is 5.39. The summed E-state index contributed by atoms with van der Waals surface area (Å²) in [5.74, 6) is -5.25. The van der Waals surface area contributed by atoms with Crippen LogP contribution in [0.15, 0.2) is 0 Å². The van der Waals surface area contributed by atoms with E-state index >= 15 is 0 Å². The Hall–Kier alpha value is -2.69. The van der Waals surface area contributed by atoms with Gasteiger partial charge in [-0.1, -0.05) is 20.3 Å². The number of aliphatic carboxylic acids is 2. The molecule has 0 aliphatic carbocycles. The molecule has 0 aromatic rings. The Bertz CT molecular complexity index is 550. The number of nitrogens with two attached hydrogens (primary N) is 1. The molecule has 11 nitrogen and oxygen atoms in total. The molecule has 11 heteroatoms. The van der Waals surface area contributed by atoms with Gasteiger partial charge in [0, 0.05) is 0 Å². The van der Waals surface area contributed by atoms with Crippen LogP contribution in [0.2, 0.25) is 0 Å². The topological polar surface area (TPSA) is 188 Å². The normalized spacial score (nSPS) is 15.1. The van der Waals surface area contributed by atoms with E-state index in [4.69, 9.17) is 15.9 Å². The predicted molar refractivity (Wildman–Crippen MR) is 89.9 cm³/mol. The van der Waals surface area contributed by atoms with Gasteiger partial charge in [-0.05, 0) is 12.8 Å². The highest BCUT2D eigenvalue weighted by atomic mass is 16.4. The molecule has 0 radical (unpaired) electrons. The minimum absolute atomic E-state index is 0.359. The van der Waals surface area contributed by atoms with E-state index in [0.29, 0.717) is 6.42 Å². The lowest BCUT2D eigenvalue weighted by molar-refractivity contribution is -0.142. The molecule has 7 N–H and O–H groups in total. The molecule has 4 atom stereocenters. The van der Waals surface area contributed by atoms with Crippen LogP contribution in [0.5, 0.6) is 0 Å². The van der Waals surface area contributed by atoms with Crippen molar-refractivity contribution in [2.45, 2.75) is 51.7 Å². The van der Waals surface area contributed by atoms with Crippen molar-refractivity contribution < 1.29 is 34.2 Å². The standard InChI is InChI=1S/C15H26N4O7/c1-4-7(2)12(15(26)17-6-11(22)23)19-14(25)9(5-10(20)21)18-13(24)8(3)16/h7-9,12H,4-6,16H2,1-3H3,(H,17,26)(H,18,24)(H,19,25)(H,20,21)(H,22,23). The zero-order valence-electron chi connectivity index (χ0n) is 14.9. The van der Waals surface area contributed by atoms with Crippen LogP contribution < -0.4 is 21.7 Å². The summed E-state index contributed by atoms with van der Waals surface area (Å²) in [5, 5.41) is 24.3. The first kappa shape index (κ1) is 23.3. The summed E-state index contributed by atoms with van der Waals surface area (Å²) in [7, 11) is 0. The van der Waals surface area contributed by atoms with Gasteiger partial charge >= 0.3 is 11.9 Å². The molecule has 26 heavy (non-hydrogen) atoms. The third-order valence-corrected chi connectivity index (χ3v) is 3.63. The van der Waals surface area contributed by atoms with Gasteiger partial charge < -0.3 is 31.9 Å². The minimum Gasteiger partial charge on any atom is -0.481 e. The van der Waals surface area contributed by atoms with Crippen molar-refractivity contribution in [1.29, 1.82) is 0 Å². The van der Waals surface area contributed by atoms with E-state index in [1.54, 1.807) is 13.8 Å². The summed E-state index contributed by atoms with van der Waals surface area (Å²) in [6.45, 7) is 4.17. The molecule has 0 spiro atoms. The molecule has 0 aromatic carbocycles.